The van der Waals surface area contributed by atoms with Crippen LogP contribution in [0.3, 0.4) is 0 Å². The van der Waals surface area contributed by atoms with Crippen LogP contribution in [-0.4, -0.2) is 59.6 Å². The Balaban J connectivity index is 1.51. The lowest BCUT2D eigenvalue weighted by atomic mass is 10.1. The number of pyridine rings is 1. The molecular weight excluding hydrogens is 432 g/mol. The molecule has 34 heavy (non-hydrogen) atoms. The molecule has 0 saturated carbocycles. The number of benzene rings is 1. The smallest absolute Gasteiger partial charge is 0.245 e. The second-order valence-corrected chi connectivity index (χ2v) is 7.69. The summed E-state index contributed by atoms with van der Waals surface area (Å²) in [6.45, 7) is 8.46. The number of anilines is 1. The number of carbonyl (C=O) groups is 1. The third kappa shape index (κ3) is 5.20. The van der Waals surface area contributed by atoms with Crippen LogP contribution >= 0.6 is 0 Å². The van der Waals surface area contributed by atoms with Gasteiger partial charge in [-0.05, 0) is 24.9 Å². The highest BCUT2D eigenvalue weighted by Crippen LogP contribution is 2.27. The number of amidine groups is 1. The molecule has 3 aromatic rings. The van der Waals surface area contributed by atoms with Crippen molar-refractivity contribution in [1.29, 1.82) is 0 Å². The Morgan fingerprint density at radius 2 is 2.12 bits per heavy atom. The van der Waals surface area contributed by atoms with Crippen molar-refractivity contribution in [2.24, 2.45) is 9.98 Å². The third-order valence-electron chi connectivity index (χ3n) is 5.56. The van der Waals surface area contributed by atoms with Crippen LogP contribution in [0.15, 0.2) is 76.2 Å². The molecule has 1 amide bonds. The fourth-order valence-electron chi connectivity index (χ4n) is 3.79. The average molecular weight is 459 g/mol. The fraction of sp³-hybridized carbons (Fsp3) is 0.240. The zero-order chi connectivity index (χ0) is 23.9. The summed E-state index contributed by atoms with van der Waals surface area (Å²) in [7, 11) is 1.70. The molecule has 9 heteroatoms. The van der Waals surface area contributed by atoms with Crippen molar-refractivity contribution in [3.05, 3.63) is 67.3 Å². The maximum Gasteiger partial charge on any atom is 0.245 e. The van der Waals surface area contributed by atoms with Crippen molar-refractivity contribution in [2.45, 2.75) is 18.9 Å². The van der Waals surface area contributed by atoms with Gasteiger partial charge >= 0.3 is 0 Å². The Kier molecular flexibility index (Phi) is 7.12. The van der Waals surface area contributed by atoms with Crippen LogP contribution in [0.2, 0.25) is 0 Å². The maximum atomic E-state index is 11.8. The molecule has 0 unspecified atom stereocenters. The number of oxazole rings is 1. The summed E-state index contributed by atoms with van der Waals surface area (Å²) in [6, 6.07) is 9.55. The lowest BCUT2D eigenvalue weighted by Crippen LogP contribution is -2.41. The molecule has 4 rings (SSSR count). The monoisotopic (exact) mass is 458 g/mol. The van der Waals surface area contributed by atoms with Gasteiger partial charge in [-0.3, -0.25) is 14.8 Å². The molecule has 0 spiro atoms. The summed E-state index contributed by atoms with van der Waals surface area (Å²) in [5, 5.41) is 3.34. The largest absolute Gasteiger partial charge is 0.474 e. The quantitative estimate of drug-likeness (QED) is 0.324. The van der Waals surface area contributed by atoms with Gasteiger partial charge in [0.2, 0.25) is 11.8 Å². The van der Waals surface area contributed by atoms with Gasteiger partial charge in [-0.25, -0.2) is 9.97 Å². The highest BCUT2D eigenvalue weighted by molar-refractivity contribution is 6.11. The molecule has 174 valence electrons. The van der Waals surface area contributed by atoms with E-state index in [0.29, 0.717) is 41.8 Å². The van der Waals surface area contributed by atoms with E-state index in [-0.39, 0.29) is 12.0 Å². The summed E-state index contributed by atoms with van der Waals surface area (Å²) in [6.07, 6.45) is 7.43. The number of carbonyl (C=O) groups excluding carboxylic acids is 1. The van der Waals surface area contributed by atoms with Crippen LogP contribution in [0.1, 0.15) is 18.4 Å². The summed E-state index contributed by atoms with van der Waals surface area (Å²) >= 11 is 0. The second kappa shape index (κ2) is 10.6. The van der Waals surface area contributed by atoms with Gasteiger partial charge in [-0.2, -0.15) is 0 Å². The fourth-order valence-corrected chi connectivity index (χ4v) is 3.79. The number of hydrogen-bond acceptors (Lipinski definition) is 7. The van der Waals surface area contributed by atoms with Gasteiger partial charge in [0.25, 0.3) is 0 Å². The SMILES string of the molecule is C=CC(=O)N1CCC(Oc2cc(C(=NC)Nc3cccc(-c4cnco4)c3)c(N=C)cn2)CC1. The van der Waals surface area contributed by atoms with Crippen LogP contribution in [0.5, 0.6) is 5.88 Å². The molecule has 1 saturated heterocycles. The average Bonchev–Trinajstić information content (AvgIpc) is 3.43. The van der Waals surface area contributed by atoms with Crippen LogP contribution < -0.4 is 10.1 Å². The van der Waals surface area contributed by atoms with E-state index in [4.69, 9.17) is 9.15 Å². The second-order valence-electron chi connectivity index (χ2n) is 7.69. The predicted molar refractivity (Wildman–Crippen MR) is 132 cm³/mol. The zero-order valence-corrected chi connectivity index (χ0v) is 19.0. The van der Waals surface area contributed by atoms with E-state index in [9.17, 15) is 4.79 Å². The topological polar surface area (TPSA) is 105 Å². The first kappa shape index (κ1) is 22.9. The van der Waals surface area contributed by atoms with E-state index >= 15 is 0 Å². The number of rotatable bonds is 7. The number of nitrogens with one attached hydrogen (secondary N) is 1. The molecule has 3 heterocycles. The van der Waals surface area contributed by atoms with E-state index in [2.05, 4.69) is 38.6 Å². The highest BCUT2D eigenvalue weighted by atomic mass is 16.5. The number of amides is 1. The zero-order valence-electron chi connectivity index (χ0n) is 19.0. The number of piperidine rings is 1. The molecule has 0 bridgehead atoms. The van der Waals surface area contributed by atoms with Gasteiger partial charge in [0, 0.05) is 55.9 Å². The van der Waals surface area contributed by atoms with Crippen molar-refractivity contribution in [3.63, 3.8) is 0 Å². The van der Waals surface area contributed by atoms with Gasteiger partial charge < -0.3 is 19.4 Å². The third-order valence-corrected chi connectivity index (χ3v) is 5.56. The number of aliphatic imine (C=N–C) groups is 2. The molecule has 1 aliphatic heterocycles. The molecule has 0 radical (unpaired) electrons. The molecule has 0 atom stereocenters. The molecule has 1 N–H and O–H groups in total. The Morgan fingerprint density at radius 1 is 1.29 bits per heavy atom. The predicted octanol–water partition coefficient (Wildman–Crippen LogP) is 4.11. The van der Waals surface area contributed by atoms with Crippen molar-refractivity contribution in [1.82, 2.24) is 14.9 Å². The minimum atomic E-state index is -0.0532. The number of likely N-dealkylation sites (tertiary alicyclic amines) is 1. The number of nitrogens with zero attached hydrogens (tertiary/aromatic N) is 5. The first-order valence-electron chi connectivity index (χ1n) is 10.9. The van der Waals surface area contributed by atoms with Gasteiger partial charge in [0.15, 0.2) is 12.2 Å². The lowest BCUT2D eigenvalue weighted by Gasteiger charge is -2.31. The maximum absolute atomic E-state index is 11.8. The van der Waals surface area contributed by atoms with Crippen LogP contribution in [0, 0.1) is 0 Å². The summed E-state index contributed by atoms with van der Waals surface area (Å²) in [4.78, 5) is 30.5. The standard InChI is InChI=1S/C25H26N6O3/c1-4-24(32)31-10-8-19(9-11-31)34-23-13-20(21(26-2)14-29-23)25(27-3)30-18-7-5-6-17(12-18)22-15-28-16-33-22/h4-7,12-16,19H,1-2,8-11H2,3H3,(H,27,30). The van der Waals surface area contributed by atoms with Gasteiger partial charge in [-0.15, -0.1) is 0 Å². The van der Waals surface area contributed by atoms with Crippen molar-refractivity contribution < 1.29 is 13.9 Å². The molecule has 1 aliphatic rings. The van der Waals surface area contributed by atoms with Crippen LogP contribution in [0.4, 0.5) is 11.4 Å². The minimum Gasteiger partial charge on any atom is -0.474 e. The van der Waals surface area contributed by atoms with Crippen molar-refractivity contribution in [2.75, 3.05) is 25.5 Å². The van der Waals surface area contributed by atoms with Crippen molar-refractivity contribution >= 4 is 29.8 Å². The Bertz CT molecular complexity index is 1200. The molecule has 2 aromatic heterocycles. The summed E-state index contributed by atoms with van der Waals surface area (Å²) in [5.41, 5.74) is 3.01. The summed E-state index contributed by atoms with van der Waals surface area (Å²) < 4.78 is 11.5. The highest BCUT2D eigenvalue weighted by Gasteiger charge is 2.23. The molecule has 1 fully saturated rings. The lowest BCUT2D eigenvalue weighted by molar-refractivity contribution is -0.127. The Labute approximate surface area is 197 Å². The Morgan fingerprint density at radius 3 is 2.79 bits per heavy atom. The Hall–Kier alpha value is -4.27. The van der Waals surface area contributed by atoms with E-state index in [1.807, 2.05) is 24.3 Å². The molecule has 0 aliphatic carbocycles. The van der Waals surface area contributed by atoms with Crippen LogP contribution in [-0.2, 0) is 4.79 Å². The minimum absolute atomic E-state index is 0.0367. The van der Waals surface area contributed by atoms with E-state index in [1.54, 1.807) is 30.4 Å². The van der Waals surface area contributed by atoms with Gasteiger partial charge in [0.05, 0.1) is 18.1 Å². The molecular formula is C25H26N6O3. The number of aromatic nitrogens is 2. The van der Waals surface area contributed by atoms with E-state index < -0.39 is 0 Å². The summed E-state index contributed by atoms with van der Waals surface area (Å²) in [5.74, 6) is 1.68. The van der Waals surface area contributed by atoms with E-state index in [0.717, 1.165) is 24.1 Å². The van der Waals surface area contributed by atoms with Gasteiger partial charge in [-0.1, -0.05) is 18.7 Å². The first-order valence-corrected chi connectivity index (χ1v) is 10.9. The molecule has 9 nitrogen and oxygen atoms in total. The first-order chi connectivity index (χ1) is 16.6. The normalized spacial score (nSPS) is 14.5. The number of hydrogen-bond donors (Lipinski definition) is 1. The molecule has 1 aromatic carbocycles. The van der Waals surface area contributed by atoms with Gasteiger partial charge in [0.1, 0.15) is 11.9 Å². The van der Waals surface area contributed by atoms with Crippen molar-refractivity contribution in [3.8, 4) is 17.2 Å². The van der Waals surface area contributed by atoms with E-state index in [1.165, 1.54) is 12.5 Å². The van der Waals surface area contributed by atoms with Crippen LogP contribution in [0.25, 0.3) is 11.3 Å². The number of ether oxygens (including phenoxy) is 1.